The molecule has 2 amide bonds. The molecular formula is C18H22N2O3. The number of carbonyl (C=O) groups excluding carboxylic acids is 2. The van der Waals surface area contributed by atoms with E-state index in [2.05, 4.69) is 10.6 Å². The Morgan fingerprint density at radius 3 is 2.52 bits per heavy atom. The predicted octanol–water partition coefficient (Wildman–Crippen LogP) is 3.19. The average molecular weight is 314 g/mol. The summed E-state index contributed by atoms with van der Waals surface area (Å²) >= 11 is 0. The van der Waals surface area contributed by atoms with Crippen LogP contribution < -0.4 is 10.6 Å². The number of amides is 2. The summed E-state index contributed by atoms with van der Waals surface area (Å²) in [7, 11) is 0. The number of hydrogen-bond donors (Lipinski definition) is 2. The van der Waals surface area contributed by atoms with Gasteiger partial charge in [-0.15, -0.1) is 0 Å². The standard InChI is InChI=1S/C18H22N2O3/c1-12-15(17(21)23-14-10-6-3-7-11-14)16(20-18(22)19-12)13-8-4-2-5-9-13/h2,4-5,8-9,14,16H,3,6-7,10-11H2,1H3,(H2,19,20,22)/t16-/m0/s1. The summed E-state index contributed by atoms with van der Waals surface area (Å²) in [6.07, 6.45) is 5.26. The van der Waals surface area contributed by atoms with E-state index in [4.69, 9.17) is 4.74 Å². The third-order valence-corrected chi connectivity index (χ3v) is 4.45. The molecule has 1 atom stereocenters. The number of nitrogens with one attached hydrogen (secondary N) is 2. The van der Waals surface area contributed by atoms with Gasteiger partial charge in [0.25, 0.3) is 0 Å². The Morgan fingerprint density at radius 1 is 1.13 bits per heavy atom. The van der Waals surface area contributed by atoms with Crippen LogP contribution in [0.15, 0.2) is 41.6 Å². The monoisotopic (exact) mass is 314 g/mol. The summed E-state index contributed by atoms with van der Waals surface area (Å²) in [5, 5.41) is 5.50. The Kier molecular flexibility index (Phi) is 4.65. The maximum Gasteiger partial charge on any atom is 0.338 e. The molecule has 1 saturated carbocycles. The summed E-state index contributed by atoms with van der Waals surface area (Å²) in [4.78, 5) is 24.5. The number of ether oxygens (including phenoxy) is 1. The van der Waals surface area contributed by atoms with Crippen LogP contribution in [0.2, 0.25) is 0 Å². The number of carbonyl (C=O) groups is 2. The highest BCUT2D eigenvalue weighted by atomic mass is 16.5. The van der Waals surface area contributed by atoms with E-state index in [9.17, 15) is 9.59 Å². The van der Waals surface area contributed by atoms with Crippen LogP contribution in [0.3, 0.4) is 0 Å². The zero-order chi connectivity index (χ0) is 16.2. The van der Waals surface area contributed by atoms with Crippen LogP contribution in [0.5, 0.6) is 0 Å². The van der Waals surface area contributed by atoms with Crippen molar-refractivity contribution in [3.63, 3.8) is 0 Å². The van der Waals surface area contributed by atoms with Crippen LogP contribution in [0.4, 0.5) is 4.79 Å². The number of rotatable bonds is 3. The van der Waals surface area contributed by atoms with Gasteiger partial charge in [-0.1, -0.05) is 36.8 Å². The second kappa shape index (κ2) is 6.86. The van der Waals surface area contributed by atoms with E-state index in [1.54, 1.807) is 6.92 Å². The van der Waals surface area contributed by atoms with Gasteiger partial charge in [0.05, 0.1) is 11.6 Å². The van der Waals surface area contributed by atoms with E-state index in [0.29, 0.717) is 11.3 Å². The van der Waals surface area contributed by atoms with Gasteiger partial charge in [-0.3, -0.25) is 0 Å². The second-order valence-corrected chi connectivity index (χ2v) is 6.15. The maximum absolute atomic E-state index is 12.7. The van der Waals surface area contributed by atoms with E-state index in [-0.39, 0.29) is 18.1 Å². The van der Waals surface area contributed by atoms with Gasteiger partial charge < -0.3 is 15.4 Å². The van der Waals surface area contributed by atoms with E-state index in [1.165, 1.54) is 6.42 Å². The molecule has 0 unspecified atom stereocenters. The van der Waals surface area contributed by atoms with Gasteiger partial charge in [-0.2, -0.15) is 0 Å². The van der Waals surface area contributed by atoms with Gasteiger partial charge in [-0.05, 0) is 38.2 Å². The van der Waals surface area contributed by atoms with Crippen molar-refractivity contribution in [3.05, 3.63) is 47.2 Å². The number of urea groups is 1. The van der Waals surface area contributed by atoms with Crippen LogP contribution in [0, 0.1) is 0 Å². The maximum atomic E-state index is 12.7. The Hall–Kier alpha value is -2.30. The summed E-state index contributed by atoms with van der Waals surface area (Å²) in [5.74, 6) is -0.337. The number of allylic oxidation sites excluding steroid dienone is 1. The molecule has 5 nitrogen and oxygen atoms in total. The molecule has 0 bridgehead atoms. The minimum Gasteiger partial charge on any atom is -0.459 e. The number of esters is 1. The smallest absolute Gasteiger partial charge is 0.338 e. The Bertz CT molecular complexity index is 618. The van der Waals surface area contributed by atoms with Crippen molar-refractivity contribution in [1.82, 2.24) is 10.6 Å². The van der Waals surface area contributed by atoms with Crippen LogP contribution >= 0.6 is 0 Å². The van der Waals surface area contributed by atoms with E-state index in [0.717, 1.165) is 31.2 Å². The molecular weight excluding hydrogens is 292 g/mol. The predicted molar refractivity (Wildman–Crippen MR) is 86.5 cm³/mol. The first-order valence-electron chi connectivity index (χ1n) is 8.19. The lowest BCUT2D eigenvalue weighted by Gasteiger charge is -2.30. The Morgan fingerprint density at radius 2 is 1.83 bits per heavy atom. The molecule has 0 saturated heterocycles. The van der Waals surface area contributed by atoms with Gasteiger partial charge >= 0.3 is 12.0 Å². The molecule has 23 heavy (non-hydrogen) atoms. The van der Waals surface area contributed by atoms with Gasteiger partial charge in [0.1, 0.15) is 6.10 Å². The van der Waals surface area contributed by atoms with E-state index in [1.807, 2.05) is 30.3 Å². The number of benzene rings is 1. The molecule has 5 heteroatoms. The normalized spacial score (nSPS) is 22.3. The largest absolute Gasteiger partial charge is 0.459 e. The molecule has 0 spiro atoms. The molecule has 2 aliphatic rings. The molecule has 0 radical (unpaired) electrons. The Labute approximate surface area is 136 Å². The number of hydrogen-bond acceptors (Lipinski definition) is 3. The van der Waals surface area contributed by atoms with Crippen molar-refractivity contribution in [2.45, 2.75) is 51.2 Å². The summed E-state index contributed by atoms with van der Waals surface area (Å²) in [5.41, 5.74) is 1.92. The SMILES string of the molecule is CC1=C(C(=O)OC2CCCCC2)[C@H](c2ccccc2)NC(=O)N1. The van der Waals surface area contributed by atoms with Crippen molar-refractivity contribution in [2.24, 2.45) is 0 Å². The minimum absolute atomic E-state index is 0.00870. The molecule has 1 aliphatic heterocycles. The lowest BCUT2D eigenvalue weighted by atomic mass is 9.95. The molecule has 1 aromatic rings. The highest BCUT2D eigenvalue weighted by molar-refractivity contribution is 5.95. The summed E-state index contributed by atoms with van der Waals surface area (Å²) in [6.45, 7) is 1.74. The van der Waals surface area contributed by atoms with Crippen molar-refractivity contribution in [3.8, 4) is 0 Å². The molecule has 2 N–H and O–H groups in total. The highest BCUT2D eigenvalue weighted by Crippen LogP contribution is 2.29. The third-order valence-electron chi connectivity index (χ3n) is 4.45. The van der Waals surface area contributed by atoms with E-state index >= 15 is 0 Å². The van der Waals surface area contributed by atoms with Crippen LogP contribution in [-0.2, 0) is 9.53 Å². The zero-order valence-electron chi connectivity index (χ0n) is 13.3. The average Bonchev–Trinajstić information content (AvgIpc) is 2.55. The van der Waals surface area contributed by atoms with Gasteiger partial charge in [0.2, 0.25) is 0 Å². The Balaban J connectivity index is 1.84. The van der Waals surface area contributed by atoms with Gasteiger partial charge in [0, 0.05) is 5.70 Å². The zero-order valence-corrected chi connectivity index (χ0v) is 13.3. The third kappa shape index (κ3) is 3.55. The fraction of sp³-hybridized carbons (Fsp3) is 0.444. The van der Waals surface area contributed by atoms with Crippen molar-refractivity contribution < 1.29 is 14.3 Å². The quantitative estimate of drug-likeness (QED) is 0.842. The fourth-order valence-electron chi connectivity index (χ4n) is 3.26. The van der Waals surface area contributed by atoms with Crippen LogP contribution in [0.25, 0.3) is 0 Å². The molecule has 122 valence electrons. The van der Waals surface area contributed by atoms with Gasteiger partial charge in [-0.25, -0.2) is 9.59 Å². The second-order valence-electron chi connectivity index (χ2n) is 6.15. The summed E-state index contributed by atoms with van der Waals surface area (Å²) in [6, 6.07) is 8.72. The van der Waals surface area contributed by atoms with Crippen LogP contribution in [-0.4, -0.2) is 18.1 Å². The first-order chi connectivity index (χ1) is 11.1. The lowest BCUT2D eigenvalue weighted by molar-refractivity contribution is -0.146. The first-order valence-corrected chi connectivity index (χ1v) is 8.19. The van der Waals surface area contributed by atoms with Crippen molar-refractivity contribution in [2.75, 3.05) is 0 Å². The fourth-order valence-corrected chi connectivity index (χ4v) is 3.26. The summed E-state index contributed by atoms with van der Waals surface area (Å²) < 4.78 is 5.70. The molecule has 1 heterocycles. The molecule has 3 rings (SSSR count). The molecule has 0 aromatic heterocycles. The molecule has 1 fully saturated rings. The van der Waals surface area contributed by atoms with Crippen molar-refractivity contribution in [1.29, 1.82) is 0 Å². The van der Waals surface area contributed by atoms with Crippen LogP contribution in [0.1, 0.15) is 50.6 Å². The highest BCUT2D eigenvalue weighted by Gasteiger charge is 2.33. The van der Waals surface area contributed by atoms with Crippen molar-refractivity contribution >= 4 is 12.0 Å². The molecule has 1 aromatic carbocycles. The first kappa shape index (κ1) is 15.6. The van der Waals surface area contributed by atoms with Gasteiger partial charge in [0.15, 0.2) is 0 Å². The topological polar surface area (TPSA) is 67.4 Å². The van der Waals surface area contributed by atoms with E-state index < -0.39 is 6.04 Å². The minimum atomic E-state index is -0.471. The lowest BCUT2D eigenvalue weighted by Crippen LogP contribution is -2.45. The molecule has 1 aliphatic carbocycles.